The highest BCUT2D eigenvalue weighted by atomic mass is 35.5. The van der Waals surface area contributed by atoms with Crippen molar-refractivity contribution in [1.82, 2.24) is 5.32 Å². The smallest absolute Gasteiger partial charge is 0.264 e. The Bertz CT molecular complexity index is 641. The Hall–Kier alpha value is -1.83. The minimum Gasteiger partial charge on any atom is -0.482 e. The number of likely N-dealkylation sites (N-methyl/N-ethyl adjacent to an activating group) is 1. The topological polar surface area (TPSA) is 79.9 Å². The minimum absolute atomic E-state index is 0. The molecule has 7 nitrogen and oxygen atoms in total. The molecule has 2 heterocycles. The molecule has 0 aromatic heterocycles. The number of amides is 2. The van der Waals surface area contributed by atoms with Gasteiger partial charge >= 0.3 is 0 Å². The molecular weight excluding hydrogens is 346 g/mol. The quantitative estimate of drug-likeness (QED) is 0.839. The number of anilines is 2. The molecule has 8 heteroatoms. The van der Waals surface area contributed by atoms with Crippen LogP contribution in [0.2, 0.25) is 0 Å². The Kier molecular flexibility index (Phi) is 6.26. The first-order valence-electron chi connectivity index (χ1n) is 8.10. The van der Waals surface area contributed by atoms with Crippen molar-refractivity contribution < 1.29 is 19.1 Å². The average molecular weight is 370 g/mol. The highest BCUT2D eigenvalue weighted by molar-refractivity contribution is 6.00. The number of benzene rings is 1. The second-order valence-corrected chi connectivity index (χ2v) is 6.34. The number of carbonyl (C=O) groups is 2. The van der Waals surface area contributed by atoms with Crippen molar-refractivity contribution in [2.45, 2.75) is 12.8 Å². The second kappa shape index (κ2) is 8.03. The highest BCUT2D eigenvalue weighted by Gasteiger charge is 2.39. The molecule has 1 fully saturated rings. The predicted octanol–water partition coefficient (Wildman–Crippen LogP) is 1.42. The lowest BCUT2D eigenvalue weighted by atomic mass is 9.78. The zero-order chi connectivity index (χ0) is 17.2. The van der Waals surface area contributed by atoms with E-state index in [0.29, 0.717) is 23.7 Å². The van der Waals surface area contributed by atoms with Crippen molar-refractivity contribution in [3.05, 3.63) is 18.2 Å². The number of piperidine rings is 1. The molecule has 1 saturated heterocycles. The fourth-order valence-electron chi connectivity index (χ4n) is 3.23. The second-order valence-electron chi connectivity index (χ2n) is 6.34. The molecule has 0 atom stereocenters. The maximum atomic E-state index is 12.9. The zero-order valence-electron chi connectivity index (χ0n) is 14.5. The number of ether oxygens (including phenoxy) is 2. The Morgan fingerprint density at radius 3 is 2.80 bits per heavy atom. The largest absolute Gasteiger partial charge is 0.482 e. The van der Waals surface area contributed by atoms with Gasteiger partial charge in [-0.3, -0.25) is 9.59 Å². The van der Waals surface area contributed by atoms with Crippen LogP contribution in [0, 0.1) is 5.41 Å². The van der Waals surface area contributed by atoms with Crippen LogP contribution in [-0.4, -0.2) is 52.3 Å². The molecule has 2 amide bonds. The fourth-order valence-corrected chi connectivity index (χ4v) is 3.23. The van der Waals surface area contributed by atoms with Gasteiger partial charge in [0.25, 0.3) is 5.91 Å². The highest BCUT2D eigenvalue weighted by Crippen LogP contribution is 2.35. The van der Waals surface area contributed by atoms with Crippen LogP contribution in [-0.2, 0) is 14.3 Å². The summed E-state index contributed by atoms with van der Waals surface area (Å²) in [5, 5.41) is 6.25. The van der Waals surface area contributed by atoms with Crippen molar-refractivity contribution >= 4 is 35.6 Å². The molecule has 2 N–H and O–H groups in total. The predicted molar refractivity (Wildman–Crippen MR) is 97.6 cm³/mol. The van der Waals surface area contributed by atoms with Crippen LogP contribution in [0.4, 0.5) is 11.4 Å². The fraction of sp³-hybridized carbons (Fsp3) is 0.529. The van der Waals surface area contributed by atoms with Gasteiger partial charge in [0.05, 0.1) is 17.7 Å². The number of rotatable bonds is 4. The van der Waals surface area contributed by atoms with Crippen molar-refractivity contribution in [2.24, 2.45) is 5.41 Å². The molecule has 2 aliphatic heterocycles. The Morgan fingerprint density at radius 1 is 1.40 bits per heavy atom. The summed E-state index contributed by atoms with van der Waals surface area (Å²) in [6.45, 7) is 2.03. The molecule has 0 aliphatic carbocycles. The van der Waals surface area contributed by atoms with Gasteiger partial charge in [0.2, 0.25) is 5.91 Å². The first kappa shape index (κ1) is 19.5. The van der Waals surface area contributed by atoms with Gasteiger partial charge in [-0.05, 0) is 44.1 Å². The van der Waals surface area contributed by atoms with Crippen molar-refractivity contribution in [1.29, 1.82) is 0 Å². The summed E-state index contributed by atoms with van der Waals surface area (Å²) < 4.78 is 10.7. The number of nitrogens with zero attached hydrogens (tertiary/aromatic N) is 1. The van der Waals surface area contributed by atoms with Crippen molar-refractivity contribution in [3.8, 4) is 5.75 Å². The lowest BCUT2D eigenvalue weighted by Gasteiger charge is -2.35. The minimum atomic E-state index is -0.520. The van der Waals surface area contributed by atoms with Gasteiger partial charge in [-0.25, -0.2) is 0 Å². The summed E-state index contributed by atoms with van der Waals surface area (Å²) in [5.74, 6) is 0.486. The van der Waals surface area contributed by atoms with Gasteiger partial charge in [0.1, 0.15) is 5.75 Å². The molecule has 25 heavy (non-hydrogen) atoms. The van der Waals surface area contributed by atoms with E-state index in [9.17, 15) is 9.59 Å². The summed E-state index contributed by atoms with van der Waals surface area (Å²) >= 11 is 0. The summed E-state index contributed by atoms with van der Waals surface area (Å²) in [4.78, 5) is 26.2. The van der Waals surface area contributed by atoms with E-state index in [1.165, 1.54) is 0 Å². The van der Waals surface area contributed by atoms with E-state index in [0.717, 1.165) is 25.9 Å². The number of fused-ring (bicyclic) bond motifs is 1. The maximum Gasteiger partial charge on any atom is 0.264 e. The van der Waals surface area contributed by atoms with Gasteiger partial charge in [-0.1, -0.05) is 0 Å². The van der Waals surface area contributed by atoms with Crippen LogP contribution in [0.15, 0.2) is 18.2 Å². The number of hydrogen-bond acceptors (Lipinski definition) is 5. The number of carbonyl (C=O) groups excluding carboxylic acids is 2. The molecule has 1 aromatic carbocycles. The van der Waals surface area contributed by atoms with Crippen molar-refractivity contribution in [2.75, 3.05) is 50.7 Å². The van der Waals surface area contributed by atoms with E-state index >= 15 is 0 Å². The molecule has 1 aromatic rings. The first-order chi connectivity index (χ1) is 11.6. The van der Waals surface area contributed by atoms with Crippen molar-refractivity contribution in [3.63, 3.8) is 0 Å². The van der Waals surface area contributed by atoms with Gasteiger partial charge in [0.15, 0.2) is 6.61 Å². The van der Waals surface area contributed by atoms with Crippen LogP contribution < -0.4 is 20.3 Å². The number of nitrogens with one attached hydrogen (secondary N) is 2. The van der Waals surface area contributed by atoms with Crippen LogP contribution >= 0.6 is 12.4 Å². The average Bonchev–Trinajstić information content (AvgIpc) is 2.59. The normalized spacial score (nSPS) is 18.6. The molecular formula is C17H24ClN3O4. The first-order valence-corrected chi connectivity index (χ1v) is 8.10. The number of methoxy groups -OCH3 is 1. The van der Waals surface area contributed by atoms with Gasteiger partial charge in [-0.2, -0.15) is 0 Å². The summed E-state index contributed by atoms with van der Waals surface area (Å²) in [7, 11) is 3.32. The SMILES string of the molecule is COCC1(C(=O)Nc2ccc3c(c2)N(C)C(=O)CO3)CCNCC1.Cl. The van der Waals surface area contributed by atoms with E-state index in [-0.39, 0.29) is 30.8 Å². The molecule has 0 spiro atoms. The monoisotopic (exact) mass is 369 g/mol. The maximum absolute atomic E-state index is 12.9. The third kappa shape index (κ3) is 3.89. The van der Waals surface area contributed by atoms with E-state index in [1.54, 1.807) is 37.3 Å². The summed E-state index contributed by atoms with van der Waals surface area (Å²) in [6, 6.07) is 5.34. The van der Waals surface area contributed by atoms with Gasteiger partial charge < -0.3 is 25.0 Å². The molecule has 0 saturated carbocycles. The van der Waals surface area contributed by atoms with Crippen LogP contribution in [0.25, 0.3) is 0 Å². The third-order valence-electron chi connectivity index (χ3n) is 4.77. The van der Waals surface area contributed by atoms with Crippen LogP contribution in [0.3, 0.4) is 0 Å². The van der Waals surface area contributed by atoms with Crippen LogP contribution in [0.1, 0.15) is 12.8 Å². The Balaban J connectivity index is 0.00000225. The Morgan fingerprint density at radius 2 is 2.12 bits per heavy atom. The zero-order valence-corrected chi connectivity index (χ0v) is 15.3. The molecule has 3 rings (SSSR count). The lowest BCUT2D eigenvalue weighted by molar-refractivity contribution is -0.130. The lowest BCUT2D eigenvalue weighted by Crippen LogP contribution is -2.47. The molecule has 0 radical (unpaired) electrons. The van der Waals surface area contributed by atoms with E-state index in [1.807, 2.05) is 0 Å². The molecule has 2 aliphatic rings. The Labute approximate surface area is 153 Å². The van der Waals surface area contributed by atoms with E-state index in [2.05, 4.69) is 10.6 Å². The number of halogens is 1. The molecule has 0 bridgehead atoms. The number of hydrogen-bond donors (Lipinski definition) is 2. The summed E-state index contributed by atoms with van der Waals surface area (Å²) in [5.41, 5.74) is 0.793. The molecule has 0 unspecified atom stereocenters. The summed E-state index contributed by atoms with van der Waals surface area (Å²) in [6.07, 6.45) is 1.47. The molecule has 138 valence electrons. The van der Waals surface area contributed by atoms with Gasteiger partial charge in [-0.15, -0.1) is 12.4 Å². The van der Waals surface area contributed by atoms with Crippen LogP contribution in [0.5, 0.6) is 5.75 Å². The van der Waals surface area contributed by atoms with Gasteiger partial charge in [0, 0.05) is 19.8 Å². The standard InChI is InChI=1S/C17H23N3O4.ClH/c1-20-13-9-12(3-4-14(13)24-10-15(20)21)19-16(22)17(11-23-2)5-7-18-8-6-17;/h3-4,9,18H,5-8,10-11H2,1-2H3,(H,19,22);1H. The van der Waals surface area contributed by atoms with E-state index in [4.69, 9.17) is 9.47 Å². The van der Waals surface area contributed by atoms with E-state index < -0.39 is 5.41 Å². The third-order valence-corrected chi connectivity index (χ3v) is 4.77.